The van der Waals surface area contributed by atoms with Gasteiger partial charge in [-0.25, -0.2) is 8.42 Å². The van der Waals surface area contributed by atoms with E-state index in [-0.39, 0.29) is 11.7 Å². The van der Waals surface area contributed by atoms with E-state index in [1.165, 1.54) is 0 Å². The average molecular weight is 444 g/mol. The Kier molecular flexibility index (Phi) is 8.63. The van der Waals surface area contributed by atoms with Gasteiger partial charge in [0, 0.05) is 50.4 Å². The van der Waals surface area contributed by atoms with Crippen molar-refractivity contribution in [2.75, 3.05) is 43.8 Å². The number of nitrogens with zero attached hydrogens (tertiary/aromatic N) is 2. The number of benzene rings is 2. The minimum atomic E-state index is -3.15. The second kappa shape index (κ2) is 11.4. The molecule has 1 amide bonds. The summed E-state index contributed by atoms with van der Waals surface area (Å²) in [4.78, 5) is 14.7. The Morgan fingerprint density at radius 1 is 0.935 bits per heavy atom. The highest BCUT2D eigenvalue weighted by molar-refractivity contribution is 7.89. The van der Waals surface area contributed by atoms with Crippen molar-refractivity contribution < 1.29 is 13.2 Å². The van der Waals surface area contributed by atoms with Gasteiger partial charge in [-0.05, 0) is 18.1 Å². The fourth-order valence-electron chi connectivity index (χ4n) is 3.83. The number of unbranched alkanes of at least 4 members (excludes halogenated alkanes) is 2. The molecule has 168 valence electrons. The van der Waals surface area contributed by atoms with Crippen LogP contribution in [0.25, 0.3) is 11.1 Å². The smallest absolute Gasteiger partial charge is 0.225 e. The van der Waals surface area contributed by atoms with Crippen LogP contribution in [0.2, 0.25) is 0 Å². The van der Waals surface area contributed by atoms with Gasteiger partial charge >= 0.3 is 0 Å². The van der Waals surface area contributed by atoms with Crippen LogP contribution in [0.1, 0.15) is 32.6 Å². The van der Waals surface area contributed by atoms with Gasteiger partial charge < -0.3 is 10.2 Å². The highest BCUT2D eigenvalue weighted by Crippen LogP contribution is 2.27. The zero-order chi connectivity index (χ0) is 22.1. The lowest BCUT2D eigenvalue weighted by molar-refractivity contribution is -0.116. The highest BCUT2D eigenvalue weighted by Gasteiger charge is 2.26. The predicted octanol–water partition coefficient (Wildman–Crippen LogP) is 3.82. The molecular formula is C24H33N3O3S. The van der Waals surface area contributed by atoms with Crippen LogP contribution in [-0.4, -0.2) is 62.0 Å². The van der Waals surface area contributed by atoms with E-state index in [2.05, 4.69) is 17.1 Å². The van der Waals surface area contributed by atoms with Crippen LogP contribution in [0, 0.1) is 0 Å². The van der Waals surface area contributed by atoms with Gasteiger partial charge in [-0.2, -0.15) is 4.31 Å². The molecular weight excluding hydrogens is 410 g/mol. The van der Waals surface area contributed by atoms with Crippen LogP contribution in [0.15, 0.2) is 54.6 Å². The molecule has 0 saturated carbocycles. The van der Waals surface area contributed by atoms with Crippen molar-refractivity contribution in [3.05, 3.63) is 54.6 Å². The van der Waals surface area contributed by atoms with Crippen LogP contribution < -0.4 is 5.32 Å². The Bertz CT molecular complexity index is 940. The molecule has 0 aromatic heterocycles. The summed E-state index contributed by atoms with van der Waals surface area (Å²) >= 11 is 0. The lowest BCUT2D eigenvalue weighted by Gasteiger charge is -2.33. The van der Waals surface area contributed by atoms with Gasteiger partial charge in [-0.15, -0.1) is 0 Å². The van der Waals surface area contributed by atoms with Crippen molar-refractivity contribution >= 4 is 21.6 Å². The first kappa shape index (κ1) is 23.4. The van der Waals surface area contributed by atoms with Crippen molar-refractivity contribution in [2.24, 2.45) is 0 Å². The Morgan fingerprint density at radius 2 is 1.61 bits per heavy atom. The maximum absolute atomic E-state index is 12.6. The molecule has 0 unspecified atom stereocenters. The standard InChI is InChI=1S/C24H33N3O3S/c1-2-3-9-20-31(29,30)27-18-16-26(17-19-27)15-14-24(28)25-23-13-8-7-12-22(23)21-10-5-4-6-11-21/h4-8,10-13H,2-3,9,14-20H2,1H3,(H,25,28). The summed E-state index contributed by atoms with van der Waals surface area (Å²) in [6, 6.07) is 17.8. The van der Waals surface area contributed by atoms with Gasteiger partial charge in [-0.1, -0.05) is 68.3 Å². The zero-order valence-corrected chi connectivity index (χ0v) is 19.1. The molecule has 0 spiro atoms. The number of hydrogen-bond acceptors (Lipinski definition) is 4. The molecule has 0 bridgehead atoms. The molecule has 0 radical (unpaired) electrons. The molecule has 6 nitrogen and oxygen atoms in total. The minimum Gasteiger partial charge on any atom is -0.325 e. The first-order chi connectivity index (χ1) is 15.0. The maximum atomic E-state index is 12.6. The molecule has 31 heavy (non-hydrogen) atoms. The van der Waals surface area contributed by atoms with E-state index in [1.807, 2.05) is 54.6 Å². The third kappa shape index (κ3) is 6.89. The summed E-state index contributed by atoms with van der Waals surface area (Å²) in [6.45, 7) is 5.05. The first-order valence-corrected chi connectivity index (χ1v) is 12.7. The van der Waals surface area contributed by atoms with Crippen molar-refractivity contribution in [1.29, 1.82) is 0 Å². The van der Waals surface area contributed by atoms with E-state index in [1.54, 1.807) is 4.31 Å². The van der Waals surface area contributed by atoms with Gasteiger partial charge in [0.1, 0.15) is 0 Å². The van der Waals surface area contributed by atoms with Gasteiger partial charge in [0.2, 0.25) is 15.9 Å². The summed E-state index contributed by atoms with van der Waals surface area (Å²) in [6.07, 6.45) is 3.07. The number of anilines is 1. The number of hydrogen-bond donors (Lipinski definition) is 1. The summed E-state index contributed by atoms with van der Waals surface area (Å²) in [7, 11) is -3.15. The Morgan fingerprint density at radius 3 is 2.32 bits per heavy atom. The number of para-hydroxylation sites is 1. The largest absolute Gasteiger partial charge is 0.325 e. The number of nitrogens with one attached hydrogen (secondary N) is 1. The van der Waals surface area contributed by atoms with Crippen LogP contribution in [0.5, 0.6) is 0 Å². The fourth-order valence-corrected chi connectivity index (χ4v) is 5.38. The van der Waals surface area contributed by atoms with E-state index in [9.17, 15) is 13.2 Å². The van der Waals surface area contributed by atoms with Gasteiger partial charge in [0.05, 0.1) is 5.75 Å². The highest BCUT2D eigenvalue weighted by atomic mass is 32.2. The number of carbonyl (C=O) groups excluding carboxylic acids is 1. The summed E-state index contributed by atoms with van der Waals surface area (Å²) in [5, 5.41) is 3.04. The summed E-state index contributed by atoms with van der Waals surface area (Å²) in [5.41, 5.74) is 2.87. The lowest BCUT2D eigenvalue weighted by atomic mass is 10.0. The lowest BCUT2D eigenvalue weighted by Crippen LogP contribution is -2.49. The second-order valence-electron chi connectivity index (χ2n) is 7.97. The molecule has 2 aromatic carbocycles. The Hall–Kier alpha value is -2.22. The molecule has 1 aliphatic heterocycles. The van der Waals surface area contributed by atoms with Crippen LogP contribution in [0.3, 0.4) is 0 Å². The van der Waals surface area contributed by atoms with Crippen molar-refractivity contribution in [3.8, 4) is 11.1 Å². The average Bonchev–Trinajstić information content (AvgIpc) is 2.79. The molecule has 0 aliphatic carbocycles. The summed E-state index contributed by atoms with van der Waals surface area (Å²) < 4.78 is 26.5. The van der Waals surface area contributed by atoms with E-state index in [4.69, 9.17) is 0 Å². The summed E-state index contributed by atoms with van der Waals surface area (Å²) in [5.74, 6) is 0.211. The monoisotopic (exact) mass is 443 g/mol. The second-order valence-corrected chi connectivity index (χ2v) is 10.1. The molecule has 1 heterocycles. The van der Waals surface area contributed by atoms with E-state index in [0.29, 0.717) is 39.1 Å². The minimum absolute atomic E-state index is 0.0296. The number of carbonyl (C=O) groups is 1. The van der Waals surface area contributed by atoms with E-state index in [0.717, 1.165) is 36.1 Å². The molecule has 1 N–H and O–H groups in total. The van der Waals surface area contributed by atoms with Crippen molar-refractivity contribution in [2.45, 2.75) is 32.6 Å². The zero-order valence-electron chi connectivity index (χ0n) is 18.3. The molecule has 7 heteroatoms. The SMILES string of the molecule is CCCCCS(=O)(=O)N1CCN(CCC(=O)Nc2ccccc2-c2ccccc2)CC1. The van der Waals surface area contributed by atoms with Gasteiger partial charge in [0.15, 0.2) is 0 Å². The number of amides is 1. The maximum Gasteiger partial charge on any atom is 0.225 e. The molecule has 1 saturated heterocycles. The predicted molar refractivity (Wildman–Crippen MR) is 126 cm³/mol. The first-order valence-electron chi connectivity index (χ1n) is 11.1. The Balaban J connectivity index is 1.47. The third-order valence-corrected chi connectivity index (χ3v) is 7.63. The number of piperazine rings is 1. The Labute approximate surface area is 186 Å². The molecule has 1 aliphatic rings. The molecule has 2 aromatic rings. The fraction of sp³-hybridized carbons (Fsp3) is 0.458. The van der Waals surface area contributed by atoms with Crippen LogP contribution >= 0.6 is 0 Å². The normalized spacial score (nSPS) is 15.6. The van der Waals surface area contributed by atoms with Crippen molar-refractivity contribution in [3.63, 3.8) is 0 Å². The topological polar surface area (TPSA) is 69.7 Å². The molecule has 0 atom stereocenters. The molecule has 1 fully saturated rings. The van der Waals surface area contributed by atoms with E-state index >= 15 is 0 Å². The van der Waals surface area contributed by atoms with Crippen LogP contribution in [-0.2, 0) is 14.8 Å². The molecule has 3 rings (SSSR count). The van der Waals surface area contributed by atoms with Gasteiger partial charge in [-0.3, -0.25) is 4.79 Å². The number of sulfonamides is 1. The quantitative estimate of drug-likeness (QED) is 0.567. The van der Waals surface area contributed by atoms with Gasteiger partial charge in [0.25, 0.3) is 0 Å². The van der Waals surface area contributed by atoms with Crippen molar-refractivity contribution in [1.82, 2.24) is 9.21 Å². The third-order valence-electron chi connectivity index (χ3n) is 5.67. The van der Waals surface area contributed by atoms with Crippen LogP contribution in [0.4, 0.5) is 5.69 Å². The van der Waals surface area contributed by atoms with E-state index < -0.39 is 10.0 Å². The number of rotatable bonds is 10.